The minimum Gasteiger partial charge on any atom is -0.478 e. The molecule has 0 bridgehead atoms. The maximum Gasteiger partial charge on any atom is 0.335 e. The Hall–Kier alpha value is -1.33. The number of nitrogens with zero attached hydrogens (tertiary/aromatic N) is 1. The van der Waals surface area contributed by atoms with Crippen molar-refractivity contribution in [1.29, 1.82) is 0 Å². The SMILES string of the molecule is CC.CC1(O)CSC=N1.O=C(O)c1ccccc1. The molecule has 1 heterocycles. The van der Waals surface area contributed by atoms with Gasteiger partial charge in [-0.05, 0) is 19.1 Å². The summed E-state index contributed by atoms with van der Waals surface area (Å²) in [4.78, 5) is 14.0. The van der Waals surface area contributed by atoms with Crippen LogP contribution in [0.5, 0.6) is 0 Å². The summed E-state index contributed by atoms with van der Waals surface area (Å²) < 4.78 is 0. The van der Waals surface area contributed by atoms with Crippen LogP contribution in [0, 0.1) is 0 Å². The van der Waals surface area contributed by atoms with Crippen LogP contribution in [0.25, 0.3) is 0 Å². The van der Waals surface area contributed by atoms with Gasteiger partial charge in [-0.1, -0.05) is 32.0 Å². The van der Waals surface area contributed by atoms with Crippen LogP contribution in [0.3, 0.4) is 0 Å². The molecule has 0 fully saturated rings. The van der Waals surface area contributed by atoms with Crippen molar-refractivity contribution in [3.8, 4) is 0 Å². The van der Waals surface area contributed by atoms with Crippen LogP contribution in [-0.2, 0) is 0 Å². The van der Waals surface area contributed by atoms with E-state index >= 15 is 0 Å². The van der Waals surface area contributed by atoms with E-state index in [1.165, 1.54) is 11.8 Å². The average molecular weight is 269 g/mol. The molecular formula is C13H19NO3S. The van der Waals surface area contributed by atoms with Crippen molar-refractivity contribution in [3.05, 3.63) is 35.9 Å². The first-order chi connectivity index (χ1) is 8.51. The highest BCUT2D eigenvalue weighted by atomic mass is 32.2. The molecule has 1 aliphatic rings. The van der Waals surface area contributed by atoms with Gasteiger partial charge in [0.25, 0.3) is 0 Å². The number of carboxylic acids is 1. The van der Waals surface area contributed by atoms with Crippen LogP contribution < -0.4 is 0 Å². The molecule has 0 spiro atoms. The zero-order valence-corrected chi connectivity index (χ0v) is 11.6. The summed E-state index contributed by atoms with van der Waals surface area (Å²) in [5, 5.41) is 17.4. The number of thioether (sulfide) groups is 1. The molecule has 18 heavy (non-hydrogen) atoms. The number of hydrogen-bond acceptors (Lipinski definition) is 4. The number of benzene rings is 1. The van der Waals surface area contributed by atoms with Crippen LogP contribution in [-0.4, -0.2) is 33.2 Å². The second-order valence-corrected chi connectivity index (χ2v) is 4.27. The van der Waals surface area contributed by atoms with E-state index < -0.39 is 11.7 Å². The van der Waals surface area contributed by atoms with E-state index in [1.54, 1.807) is 42.8 Å². The normalized spacial score (nSPS) is 20.2. The predicted octanol–water partition coefficient (Wildman–Crippen LogP) is 2.88. The van der Waals surface area contributed by atoms with Crippen molar-refractivity contribution >= 4 is 23.3 Å². The summed E-state index contributed by atoms with van der Waals surface area (Å²) in [6.07, 6.45) is 0. The smallest absolute Gasteiger partial charge is 0.335 e. The lowest BCUT2D eigenvalue weighted by Crippen LogP contribution is -2.19. The van der Waals surface area contributed by atoms with E-state index in [4.69, 9.17) is 10.2 Å². The molecule has 1 unspecified atom stereocenters. The minimum absolute atomic E-state index is 0.331. The van der Waals surface area contributed by atoms with E-state index in [0.717, 1.165) is 0 Å². The standard InChI is InChI=1S/C7H6O2.C4H7NOS.C2H6/c8-7(9)6-4-2-1-3-5-6;1-4(6)2-7-3-5-4;1-2/h1-5H,(H,8,9);3,6H,2H2,1H3;1-2H3. The van der Waals surface area contributed by atoms with Crippen molar-refractivity contribution in [3.63, 3.8) is 0 Å². The van der Waals surface area contributed by atoms with Crippen LogP contribution in [0.2, 0.25) is 0 Å². The largest absolute Gasteiger partial charge is 0.478 e. The van der Waals surface area contributed by atoms with Gasteiger partial charge in [0, 0.05) is 5.75 Å². The number of rotatable bonds is 1. The molecule has 1 aliphatic heterocycles. The summed E-state index contributed by atoms with van der Waals surface area (Å²) >= 11 is 1.54. The Kier molecular flexibility index (Phi) is 8.07. The van der Waals surface area contributed by atoms with Crippen molar-refractivity contribution in [2.24, 2.45) is 4.99 Å². The van der Waals surface area contributed by atoms with Crippen LogP contribution in [0.4, 0.5) is 0 Å². The lowest BCUT2D eigenvalue weighted by atomic mass is 10.2. The number of aliphatic imine (C=N–C) groups is 1. The molecule has 2 N–H and O–H groups in total. The van der Waals surface area contributed by atoms with Gasteiger partial charge in [-0.25, -0.2) is 4.79 Å². The van der Waals surface area contributed by atoms with Crippen LogP contribution in [0.1, 0.15) is 31.1 Å². The highest BCUT2D eigenvalue weighted by Crippen LogP contribution is 2.18. The van der Waals surface area contributed by atoms with E-state index in [0.29, 0.717) is 11.3 Å². The van der Waals surface area contributed by atoms with Gasteiger partial charge in [0.15, 0.2) is 5.72 Å². The Balaban J connectivity index is 0.000000289. The van der Waals surface area contributed by atoms with Crippen molar-refractivity contribution < 1.29 is 15.0 Å². The highest BCUT2D eigenvalue weighted by molar-refractivity contribution is 8.12. The molecule has 0 aliphatic carbocycles. The molecular weight excluding hydrogens is 250 g/mol. The molecule has 0 amide bonds. The molecule has 100 valence electrons. The first kappa shape index (κ1) is 16.7. The molecule has 1 atom stereocenters. The average Bonchev–Trinajstić information content (AvgIpc) is 2.78. The predicted molar refractivity (Wildman–Crippen MR) is 76.3 cm³/mol. The van der Waals surface area contributed by atoms with Gasteiger partial charge >= 0.3 is 5.97 Å². The van der Waals surface area contributed by atoms with Gasteiger partial charge in [-0.2, -0.15) is 0 Å². The topological polar surface area (TPSA) is 69.9 Å². The molecule has 4 nitrogen and oxygen atoms in total. The molecule has 0 saturated heterocycles. The Morgan fingerprint density at radius 2 is 1.89 bits per heavy atom. The molecule has 0 saturated carbocycles. The summed E-state index contributed by atoms with van der Waals surface area (Å²) in [7, 11) is 0. The summed E-state index contributed by atoms with van der Waals surface area (Å²) in [5.74, 6) is -0.178. The van der Waals surface area contributed by atoms with E-state index in [-0.39, 0.29) is 0 Å². The molecule has 1 aromatic carbocycles. The summed E-state index contributed by atoms with van der Waals surface area (Å²) in [6, 6.07) is 8.30. The van der Waals surface area contributed by atoms with Gasteiger partial charge < -0.3 is 10.2 Å². The minimum atomic E-state index is -0.879. The fourth-order valence-corrected chi connectivity index (χ4v) is 1.73. The fraction of sp³-hybridized carbons (Fsp3) is 0.385. The lowest BCUT2D eigenvalue weighted by Gasteiger charge is -2.08. The maximum absolute atomic E-state index is 10.2. The highest BCUT2D eigenvalue weighted by Gasteiger charge is 2.20. The van der Waals surface area contributed by atoms with E-state index in [1.807, 2.05) is 13.8 Å². The number of aliphatic hydroxyl groups is 1. The first-order valence-corrected chi connectivity index (χ1v) is 6.72. The quantitative estimate of drug-likeness (QED) is 0.822. The van der Waals surface area contributed by atoms with Crippen molar-refractivity contribution in [1.82, 2.24) is 0 Å². The van der Waals surface area contributed by atoms with Crippen molar-refractivity contribution in [2.75, 3.05) is 5.75 Å². The fourth-order valence-electron chi connectivity index (χ4n) is 0.964. The van der Waals surface area contributed by atoms with Gasteiger partial charge in [0.1, 0.15) is 0 Å². The number of carboxylic acid groups (broad SMARTS) is 1. The Morgan fingerprint density at radius 3 is 2.11 bits per heavy atom. The second kappa shape index (κ2) is 8.72. The molecule has 2 rings (SSSR count). The van der Waals surface area contributed by atoms with Crippen LogP contribution in [0.15, 0.2) is 35.3 Å². The molecule has 0 radical (unpaired) electrons. The van der Waals surface area contributed by atoms with Crippen LogP contribution >= 0.6 is 11.8 Å². The maximum atomic E-state index is 10.2. The summed E-state index contributed by atoms with van der Waals surface area (Å²) in [6.45, 7) is 5.70. The Labute approximate surface area is 112 Å². The van der Waals surface area contributed by atoms with Gasteiger partial charge in [0.05, 0.1) is 11.1 Å². The van der Waals surface area contributed by atoms with Crippen molar-refractivity contribution in [2.45, 2.75) is 26.5 Å². The van der Waals surface area contributed by atoms with Gasteiger partial charge in [0.2, 0.25) is 0 Å². The number of carbonyl (C=O) groups is 1. The van der Waals surface area contributed by atoms with Gasteiger partial charge in [-0.3, -0.25) is 4.99 Å². The number of hydrogen-bond donors (Lipinski definition) is 2. The summed E-state index contributed by atoms with van der Waals surface area (Å²) in [5.41, 5.74) is 1.24. The zero-order chi connectivity index (χ0) is 14.0. The molecule has 1 aromatic rings. The third kappa shape index (κ3) is 7.09. The molecule has 0 aromatic heterocycles. The Morgan fingerprint density at radius 1 is 1.33 bits per heavy atom. The second-order valence-electron chi connectivity index (χ2n) is 3.43. The first-order valence-electron chi connectivity index (χ1n) is 5.67. The zero-order valence-electron chi connectivity index (χ0n) is 10.8. The Bertz CT molecular complexity index is 377. The molecule has 5 heteroatoms. The third-order valence-electron chi connectivity index (χ3n) is 1.78. The van der Waals surface area contributed by atoms with E-state index in [9.17, 15) is 4.79 Å². The third-order valence-corrected chi connectivity index (χ3v) is 2.75. The monoisotopic (exact) mass is 269 g/mol. The van der Waals surface area contributed by atoms with E-state index in [2.05, 4.69) is 4.99 Å². The lowest BCUT2D eigenvalue weighted by molar-refractivity contribution is 0.0696. The van der Waals surface area contributed by atoms with Gasteiger partial charge in [-0.15, -0.1) is 11.8 Å². The number of aromatic carboxylic acids is 1.